The Morgan fingerprint density at radius 2 is 2.05 bits per heavy atom. The van der Waals surface area contributed by atoms with Crippen molar-refractivity contribution in [2.24, 2.45) is 0 Å². The molecule has 0 aliphatic heterocycles. The summed E-state index contributed by atoms with van der Waals surface area (Å²) >= 11 is 1.60. The molecule has 0 bridgehead atoms. The van der Waals surface area contributed by atoms with Crippen LogP contribution in [0.25, 0.3) is 0 Å². The third kappa shape index (κ3) is 7.09. The van der Waals surface area contributed by atoms with Crippen molar-refractivity contribution in [1.29, 1.82) is 5.26 Å². The average Bonchev–Trinajstić information content (AvgIpc) is 2.37. The Balaban J connectivity index is 2.16. The summed E-state index contributed by atoms with van der Waals surface area (Å²) in [6, 6.07) is 9.20. The molecule has 0 radical (unpaired) electrons. The maximum absolute atomic E-state index is 10.9. The van der Waals surface area contributed by atoms with E-state index in [0.717, 1.165) is 12.2 Å². The van der Waals surface area contributed by atoms with Crippen molar-refractivity contribution in [3.63, 3.8) is 0 Å². The van der Waals surface area contributed by atoms with Gasteiger partial charge in [-0.25, -0.2) is 8.42 Å². The largest absolute Gasteiger partial charge is 0.492 e. The van der Waals surface area contributed by atoms with Gasteiger partial charge in [0.25, 0.3) is 0 Å². The molecule has 0 saturated carbocycles. The van der Waals surface area contributed by atoms with Crippen LogP contribution in [0.15, 0.2) is 24.3 Å². The molecule has 0 unspecified atom stereocenters. The zero-order chi connectivity index (χ0) is 14.1. The molecule has 0 N–H and O–H groups in total. The van der Waals surface area contributed by atoms with Gasteiger partial charge in [0.2, 0.25) is 0 Å². The van der Waals surface area contributed by atoms with Gasteiger partial charge in [0.15, 0.2) is 0 Å². The minimum Gasteiger partial charge on any atom is -0.492 e. The molecular weight excluding hydrogens is 282 g/mol. The van der Waals surface area contributed by atoms with E-state index in [9.17, 15) is 8.42 Å². The Kier molecular flexibility index (Phi) is 6.74. The molecule has 0 aliphatic rings. The van der Waals surface area contributed by atoms with Crippen molar-refractivity contribution in [2.45, 2.75) is 6.42 Å². The molecule has 19 heavy (non-hydrogen) atoms. The fourth-order valence-electron chi connectivity index (χ4n) is 1.34. The lowest BCUT2D eigenvalue weighted by atomic mass is 10.2. The standard InChI is InChI=1S/C13H17NO3S2/c1-19(15,16)10-9-18-8-4-7-17-13-6-3-2-5-12(13)11-14/h2-3,5-6H,4,7-10H2,1H3. The number of nitrogens with zero attached hydrogens (tertiary/aromatic N) is 1. The maximum atomic E-state index is 10.9. The highest BCUT2D eigenvalue weighted by molar-refractivity contribution is 8.00. The van der Waals surface area contributed by atoms with Crippen LogP contribution >= 0.6 is 11.8 Å². The molecule has 0 fully saturated rings. The first-order valence-electron chi connectivity index (χ1n) is 5.90. The quantitative estimate of drug-likeness (QED) is 0.688. The summed E-state index contributed by atoms with van der Waals surface area (Å²) in [6.07, 6.45) is 2.07. The van der Waals surface area contributed by atoms with Gasteiger partial charge >= 0.3 is 0 Å². The molecule has 0 heterocycles. The molecular formula is C13H17NO3S2. The highest BCUT2D eigenvalue weighted by Gasteiger charge is 2.02. The number of ether oxygens (including phenoxy) is 1. The molecule has 1 rings (SSSR count). The first-order chi connectivity index (χ1) is 9.03. The summed E-state index contributed by atoms with van der Waals surface area (Å²) < 4.78 is 27.3. The molecule has 0 spiro atoms. The van der Waals surface area contributed by atoms with Gasteiger partial charge in [-0.15, -0.1) is 0 Å². The Bertz CT molecular complexity index is 535. The van der Waals surface area contributed by atoms with Gasteiger partial charge in [-0.05, 0) is 24.3 Å². The molecule has 1 aromatic rings. The molecule has 0 aliphatic carbocycles. The van der Waals surface area contributed by atoms with Crippen LogP contribution in [0.2, 0.25) is 0 Å². The Morgan fingerprint density at radius 3 is 2.74 bits per heavy atom. The van der Waals surface area contributed by atoms with E-state index in [1.807, 2.05) is 6.07 Å². The molecule has 104 valence electrons. The fourth-order valence-corrected chi connectivity index (χ4v) is 3.55. The number of hydrogen-bond acceptors (Lipinski definition) is 5. The number of hydrogen-bond donors (Lipinski definition) is 0. The summed E-state index contributed by atoms with van der Waals surface area (Å²) in [5.41, 5.74) is 0.534. The van der Waals surface area contributed by atoms with E-state index in [1.165, 1.54) is 6.26 Å². The molecule has 0 atom stereocenters. The molecule has 6 heteroatoms. The van der Waals surface area contributed by atoms with Gasteiger partial charge in [0, 0.05) is 12.0 Å². The minimum atomic E-state index is -2.86. The Morgan fingerprint density at radius 1 is 1.32 bits per heavy atom. The Hall–Kier alpha value is -1.19. The zero-order valence-electron chi connectivity index (χ0n) is 10.8. The van der Waals surface area contributed by atoms with Crippen molar-refractivity contribution in [1.82, 2.24) is 0 Å². The predicted molar refractivity (Wildman–Crippen MR) is 78.3 cm³/mol. The van der Waals surface area contributed by atoms with E-state index in [-0.39, 0.29) is 5.75 Å². The van der Waals surface area contributed by atoms with Crippen molar-refractivity contribution in [3.8, 4) is 11.8 Å². The van der Waals surface area contributed by atoms with Crippen LogP contribution in [-0.2, 0) is 9.84 Å². The second-order valence-corrected chi connectivity index (χ2v) is 7.54. The first kappa shape index (κ1) is 15.9. The van der Waals surface area contributed by atoms with Gasteiger partial charge < -0.3 is 4.74 Å². The summed E-state index contributed by atoms with van der Waals surface area (Å²) in [4.78, 5) is 0. The summed E-state index contributed by atoms with van der Waals surface area (Å²) in [5.74, 6) is 2.29. The van der Waals surface area contributed by atoms with E-state index in [0.29, 0.717) is 23.7 Å². The number of sulfone groups is 1. The normalized spacial score (nSPS) is 10.9. The van der Waals surface area contributed by atoms with Crippen molar-refractivity contribution < 1.29 is 13.2 Å². The molecule has 4 nitrogen and oxygen atoms in total. The van der Waals surface area contributed by atoms with Gasteiger partial charge in [0.1, 0.15) is 21.7 Å². The van der Waals surface area contributed by atoms with Crippen molar-refractivity contribution in [3.05, 3.63) is 29.8 Å². The lowest BCUT2D eigenvalue weighted by Crippen LogP contribution is -2.06. The van der Waals surface area contributed by atoms with Crippen LogP contribution in [0.3, 0.4) is 0 Å². The number of thioether (sulfide) groups is 1. The predicted octanol–water partition coefficient (Wildman–Crippen LogP) is 2.10. The number of para-hydroxylation sites is 1. The molecule has 1 aromatic carbocycles. The highest BCUT2D eigenvalue weighted by atomic mass is 32.2. The zero-order valence-corrected chi connectivity index (χ0v) is 12.5. The summed E-state index contributed by atoms with van der Waals surface area (Å²) in [5, 5.41) is 8.88. The number of rotatable bonds is 8. The van der Waals surface area contributed by atoms with E-state index < -0.39 is 9.84 Å². The van der Waals surface area contributed by atoms with E-state index >= 15 is 0 Å². The van der Waals surface area contributed by atoms with Crippen LogP contribution in [0.4, 0.5) is 0 Å². The van der Waals surface area contributed by atoms with Crippen molar-refractivity contribution in [2.75, 3.05) is 30.1 Å². The smallest absolute Gasteiger partial charge is 0.148 e. The average molecular weight is 299 g/mol. The van der Waals surface area contributed by atoms with Crippen LogP contribution in [0, 0.1) is 11.3 Å². The summed E-state index contributed by atoms with van der Waals surface area (Å²) in [6.45, 7) is 0.532. The van der Waals surface area contributed by atoms with E-state index in [4.69, 9.17) is 10.00 Å². The first-order valence-corrected chi connectivity index (χ1v) is 9.12. The maximum Gasteiger partial charge on any atom is 0.148 e. The minimum absolute atomic E-state index is 0.218. The number of nitriles is 1. The summed E-state index contributed by atoms with van der Waals surface area (Å²) in [7, 11) is -2.86. The second-order valence-electron chi connectivity index (χ2n) is 4.05. The van der Waals surface area contributed by atoms with Gasteiger partial charge in [-0.2, -0.15) is 17.0 Å². The van der Waals surface area contributed by atoms with Crippen LogP contribution < -0.4 is 4.74 Å². The van der Waals surface area contributed by atoms with E-state index in [2.05, 4.69) is 6.07 Å². The van der Waals surface area contributed by atoms with Crippen LogP contribution in [-0.4, -0.2) is 38.5 Å². The number of benzene rings is 1. The molecule has 0 aromatic heterocycles. The fraction of sp³-hybridized carbons (Fsp3) is 0.462. The molecule has 0 saturated heterocycles. The lowest BCUT2D eigenvalue weighted by molar-refractivity contribution is 0.318. The highest BCUT2D eigenvalue weighted by Crippen LogP contribution is 2.16. The van der Waals surface area contributed by atoms with Gasteiger partial charge in [0.05, 0.1) is 17.9 Å². The Labute approximate surface area is 118 Å². The SMILES string of the molecule is CS(=O)(=O)CCSCCCOc1ccccc1C#N. The van der Waals surface area contributed by atoms with Gasteiger partial charge in [-0.1, -0.05) is 12.1 Å². The van der Waals surface area contributed by atoms with E-state index in [1.54, 1.807) is 30.0 Å². The van der Waals surface area contributed by atoms with Crippen molar-refractivity contribution >= 4 is 21.6 Å². The van der Waals surface area contributed by atoms with Gasteiger partial charge in [-0.3, -0.25) is 0 Å². The topological polar surface area (TPSA) is 67.2 Å². The van der Waals surface area contributed by atoms with Crippen LogP contribution in [0.5, 0.6) is 5.75 Å². The lowest BCUT2D eigenvalue weighted by Gasteiger charge is -2.07. The third-order valence-corrected chi connectivity index (χ3v) is 4.57. The molecule has 0 amide bonds. The van der Waals surface area contributed by atoms with Crippen LogP contribution in [0.1, 0.15) is 12.0 Å². The third-order valence-electron chi connectivity index (χ3n) is 2.30. The monoisotopic (exact) mass is 299 g/mol. The second kappa shape index (κ2) is 8.08.